The van der Waals surface area contributed by atoms with Gasteiger partial charge < -0.3 is 30.4 Å². The van der Waals surface area contributed by atoms with E-state index in [1.807, 2.05) is 20.8 Å². The van der Waals surface area contributed by atoms with Crippen LogP contribution in [0.15, 0.2) is 23.8 Å². The minimum absolute atomic E-state index is 0.00361. The summed E-state index contributed by atoms with van der Waals surface area (Å²) in [5, 5.41) is 14.5. The Morgan fingerprint density at radius 2 is 1.85 bits per heavy atom. The zero-order valence-electron chi connectivity index (χ0n) is 29.4. The standard InChI is InChI=1S/C36H52F2N2O8/c1-9-10-28-47-27-15-24-33(7,17-25(42)36(38)32(6)12-11-20(41)14-21(32)22(37)16-34(24,36)8)35(27,48-28)26(43)18-46-30(45)31(4,5)40-29(44)23(39)13-19(2)3/h11-12,14,19,22-25,27-28,42H,9-10,13,15-18,39H2,1-8H3,(H,40,44)/t22-,23?,24+,25-,27+,28?,32?,33-,34-,35+,36-/m0/s1. The van der Waals surface area contributed by atoms with Gasteiger partial charge in [-0.3, -0.25) is 14.4 Å². The number of alkyl halides is 2. The number of carbonyl (C=O) groups excluding carboxylic acids is 4. The highest BCUT2D eigenvalue weighted by atomic mass is 19.1. The molecule has 0 radical (unpaired) electrons. The van der Waals surface area contributed by atoms with Gasteiger partial charge >= 0.3 is 5.97 Å². The van der Waals surface area contributed by atoms with E-state index >= 15 is 8.78 Å². The summed E-state index contributed by atoms with van der Waals surface area (Å²) in [6.45, 7) is 12.8. The second-order valence-corrected chi connectivity index (χ2v) is 16.3. The van der Waals surface area contributed by atoms with E-state index in [0.717, 1.165) is 6.08 Å². The summed E-state index contributed by atoms with van der Waals surface area (Å²) in [6, 6.07) is -0.836. The van der Waals surface area contributed by atoms with Gasteiger partial charge in [-0.15, -0.1) is 0 Å². The van der Waals surface area contributed by atoms with Crippen LogP contribution in [0.1, 0.15) is 93.9 Å². The number of hydrogen-bond acceptors (Lipinski definition) is 9. The molecule has 1 aliphatic heterocycles. The molecule has 0 spiro atoms. The number of nitrogens with one attached hydrogen (secondary N) is 1. The fraction of sp³-hybridized carbons (Fsp3) is 0.778. The lowest BCUT2D eigenvalue weighted by molar-refractivity contribution is -0.268. The molecule has 5 aliphatic rings. The van der Waals surface area contributed by atoms with E-state index in [1.54, 1.807) is 13.8 Å². The van der Waals surface area contributed by atoms with Crippen LogP contribution in [-0.2, 0) is 33.4 Å². The zero-order valence-corrected chi connectivity index (χ0v) is 29.4. The van der Waals surface area contributed by atoms with Crippen molar-refractivity contribution >= 4 is 23.4 Å². The number of amides is 1. The van der Waals surface area contributed by atoms with Crippen molar-refractivity contribution in [2.24, 2.45) is 33.8 Å². The SMILES string of the molecule is CCCC1O[C@@H]2C[C@@H]3[C@](C)(C[C@H](O)[C@]4(F)C5(C)C=CC(=O)C=C5[C@@H](F)C[C@@]34C)[C@]2(C(=O)COC(=O)C(C)(C)NC(=O)C(N)CC(C)C)O1. The van der Waals surface area contributed by atoms with E-state index in [1.165, 1.54) is 32.9 Å². The van der Waals surface area contributed by atoms with Crippen molar-refractivity contribution < 1.29 is 47.3 Å². The van der Waals surface area contributed by atoms with Gasteiger partial charge in [0, 0.05) is 16.2 Å². The van der Waals surface area contributed by atoms with Crippen molar-refractivity contribution in [1.82, 2.24) is 5.32 Å². The van der Waals surface area contributed by atoms with E-state index in [2.05, 4.69) is 5.32 Å². The average Bonchev–Trinajstić information content (AvgIpc) is 3.47. The molecule has 4 N–H and O–H groups in total. The first-order chi connectivity index (χ1) is 22.1. The Morgan fingerprint density at radius 3 is 2.48 bits per heavy atom. The second-order valence-electron chi connectivity index (χ2n) is 16.3. The maximum Gasteiger partial charge on any atom is 0.331 e. The zero-order chi connectivity index (χ0) is 35.8. The predicted molar refractivity (Wildman–Crippen MR) is 172 cm³/mol. The summed E-state index contributed by atoms with van der Waals surface area (Å²) in [7, 11) is 0. The number of fused-ring (bicyclic) bond motifs is 7. The molecule has 268 valence electrons. The van der Waals surface area contributed by atoms with Gasteiger partial charge in [-0.1, -0.05) is 47.1 Å². The Hall–Kier alpha value is -2.54. The van der Waals surface area contributed by atoms with Crippen molar-refractivity contribution in [1.29, 1.82) is 0 Å². The van der Waals surface area contributed by atoms with Crippen molar-refractivity contribution in [3.63, 3.8) is 0 Å². The molecule has 3 unspecified atom stereocenters. The number of nitrogens with two attached hydrogens (primary N) is 1. The van der Waals surface area contributed by atoms with Crippen LogP contribution >= 0.6 is 0 Å². The smallest absolute Gasteiger partial charge is 0.331 e. The number of allylic oxidation sites excluding steroid dienone is 4. The Labute approximate surface area is 281 Å². The molecule has 0 aromatic rings. The van der Waals surface area contributed by atoms with Gasteiger partial charge in [-0.05, 0) is 82.4 Å². The van der Waals surface area contributed by atoms with Gasteiger partial charge in [0.05, 0.1) is 18.2 Å². The number of esters is 1. The van der Waals surface area contributed by atoms with Crippen LogP contribution in [0.5, 0.6) is 0 Å². The van der Waals surface area contributed by atoms with E-state index in [4.69, 9.17) is 19.9 Å². The van der Waals surface area contributed by atoms with Gasteiger partial charge in [0.1, 0.15) is 11.7 Å². The molecule has 5 rings (SSSR count). The number of aliphatic hydroxyl groups is 1. The monoisotopic (exact) mass is 678 g/mol. The third kappa shape index (κ3) is 5.06. The van der Waals surface area contributed by atoms with Crippen LogP contribution < -0.4 is 11.1 Å². The summed E-state index contributed by atoms with van der Waals surface area (Å²) < 4.78 is 52.6. The normalized spacial score (nSPS) is 42.3. The van der Waals surface area contributed by atoms with Gasteiger partial charge in [-0.25, -0.2) is 13.6 Å². The number of aliphatic hydroxyl groups excluding tert-OH is 1. The van der Waals surface area contributed by atoms with E-state index < -0.39 is 99.7 Å². The summed E-state index contributed by atoms with van der Waals surface area (Å²) in [4.78, 5) is 52.7. The maximum atomic E-state index is 18.0. The molecule has 1 amide bonds. The number of halogens is 2. The molecule has 3 saturated carbocycles. The van der Waals surface area contributed by atoms with Gasteiger partial charge in [0.15, 0.2) is 29.9 Å². The Bertz CT molecular complexity index is 1430. The number of Topliss-reactive ketones (excluding diaryl/α,β-unsaturated/α-hetero) is 1. The topological polar surface area (TPSA) is 154 Å². The van der Waals surface area contributed by atoms with Crippen molar-refractivity contribution in [2.75, 3.05) is 6.61 Å². The Morgan fingerprint density at radius 1 is 1.19 bits per heavy atom. The highest BCUT2D eigenvalue weighted by molar-refractivity contribution is 6.01. The fourth-order valence-electron chi connectivity index (χ4n) is 10.0. The lowest BCUT2D eigenvalue weighted by Crippen LogP contribution is -2.75. The van der Waals surface area contributed by atoms with Crippen molar-refractivity contribution in [3.05, 3.63) is 23.8 Å². The van der Waals surface area contributed by atoms with E-state index in [9.17, 15) is 24.3 Å². The summed E-state index contributed by atoms with van der Waals surface area (Å²) in [5.41, 5.74) is -4.03. The number of ketones is 2. The molecule has 1 saturated heterocycles. The van der Waals surface area contributed by atoms with Gasteiger partial charge in [-0.2, -0.15) is 0 Å². The third-order valence-electron chi connectivity index (χ3n) is 12.3. The first-order valence-electron chi connectivity index (χ1n) is 17.2. The maximum absolute atomic E-state index is 18.0. The van der Waals surface area contributed by atoms with Crippen LogP contribution in [0.4, 0.5) is 8.78 Å². The molecule has 12 heteroatoms. The number of carbonyl (C=O) groups is 4. The van der Waals surface area contributed by atoms with Crippen molar-refractivity contribution in [2.45, 2.75) is 141 Å². The molecule has 0 aromatic carbocycles. The molecule has 0 bridgehead atoms. The molecule has 1 heterocycles. The van der Waals surface area contributed by atoms with Crippen LogP contribution in [-0.4, -0.2) is 82.7 Å². The molecule has 4 fully saturated rings. The minimum Gasteiger partial charge on any atom is -0.456 e. The number of rotatable bonds is 10. The molecule has 0 aromatic heterocycles. The van der Waals surface area contributed by atoms with E-state index in [-0.39, 0.29) is 30.8 Å². The van der Waals surface area contributed by atoms with Gasteiger partial charge in [0.25, 0.3) is 0 Å². The number of hydrogen-bond donors (Lipinski definition) is 3. The largest absolute Gasteiger partial charge is 0.456 e. The fourth-order valence-corrected chi connectivity index (χ4v) is 10.0. The number of ether oxygens (including phenoxy) is 3. The highest BCUT2D eigenvalue weighted by Crippen LogP contribution is 2.76. The van der Waals surface area contributed by atoms with Crippen LogP contribution in [0.3, 0.4) is 0 Å². The van der Waals surface area contributed by atoms with Crippen LogP contribution in [0.2, 0.25) is 0 Å². The van der Waals surface area contributed by atoms with Gasteiger partial charge in [0.2, 0.25) is 11.7 Å². The molecule has 48 heavy (non-hydrogen) atoms. The summed E-state index contributed by atoms with van der Waals surface area (Å²) >= 11 is 0. The molecular formula is C36H52F2N2O8. The molecular weight excluding hydrogens is 626 g/mol. The summed E-state index contributed by atoms with van der Waals surface area (Å²) in [5.74, 6) is -3.00. The Balaban J connectivity index is 1.47. The quantitative estimate of drug-likeness (QED) is 0.291. The minimum atomic E-state index is -2.40. The molecule has 10 nitrogen and oxygen atoms in total. The first kappa shape index (κ1) is 36.7. The second kappa shape index (κ2) is 12.1. The first-order valence-corrected chi connectivity index (χ1v) is 17.2. The van der Waals surface area contributed by atoms with Crippen LogP contribution in [0, 0.1) is 28.1 Å². The Kier molecular flexibility index (Phi) is 9.23. The van der Waals surface area contributed by atoms with Crippen molar-refractivity contribution in [3.8, 4) is 0 Å². The molecule has 4 aliphatic carbocycles. The van der Waals surface area contributed by atoms with Crippen LogP contribution in [0.25, 0.3) is 0 Å². The lowest BCUT2D eigenvalue weighted by Gasteiger charge is -2.68. The molecule has 11 atom stereocenters. The third-order valence-corrected chi connectivity index (χ3v) is 12.3. The summed E-state index contributed by atoms with van der Waals surface area (Å²) in [6.07, 6.45) is -0.101. The highest BCUT2D eigenvalue weighted by Gasteiger charge is 2.83. The average molecular weight is 679 g/mol. The van der Waals surface area contributed by atoms with E-state index in [0.29, 0.717) is 19.3 Å². The predicted octanol–water partition coefficient (Wildman–Crippen LogP) is 3.97. The lowest BCUT2D eigenvalue weighted by atomic mass is 9.38.